The number of carbonyl (C=O) groups is 1. The largest absolute Gasteiger partial charge is 0.341 e. The summed E-state index contributed by atoms with van der Waals surface area (Å²) in [7, 11) is 0. The van der Waals surface area contributed by atoms with Crippen molar-refractivity contribution in [3.63, 3.8) is 0 Å². The number of amides is 1. The van der Waals surface area contributed by atoms with Crippen LogP contribution in [-0.2, 0) is 4.79 Å². The maximum Gasteiger partial charge on any atom is 0.239 e. The lowest BCUT2D eigenvalue weighted by Gasteiger charge is -2.21. The third-order valence-electron chi connectivity index (χ3n) is 5.62. The van der Waals surface area contributed by atoms with Crippen molar-refractivity contribution in [2.75, 3.05) is 19.6 Å². The smallest absolute Gasteiger partial charge is 0.239 e. The lowest BCUT2D eigenvalue weighted by atomic mass is 9.95. The Hall–Kier alpha value is -1.98. The van der Waals surface area contributed by atoms with Crippen LogP contribution >= 0.6 is 12.4 Å². The highest BCUT2D eigenvalue weighted by atomic mass is 35.5. The molecule has 0 aromatic heterocycles. The quantitative estimate of drug-likeness (QED) is 0.860. The van der Waals surface area contributed by atoms with Crippen LogP contribution in [0.5, 0.6) is 0 Å². The van der Waals surface area contributed by atoms with Gasteiger partial charge in [0, 0.05) is 31.5 Å². The number of likely N-dealkylation sites (tertiary alicyclic amines) is 1. The zero-order chi connectivity index (χ0) is 18.1. The second kappa shape index (κ2) is 8.36. The molecule has 2 aromatic rings. The number of nitrogens with zero attached hydrogens (tertiary/aromatic N) is 1. The first-order valence-corrected chi connectivity index (χ1v) is 9.14. The molecule has 1 unspecified atom stereocenters. The number of rotatable bonds is 3. The Morgan fingerprint density at radius 3 is 2.52 bits per heavy atom. The standard InChI is InChI=1S/C21H22F2N2O.ClH/c22-17-7-5-14(6-8-17)15-9-10-25(13-15)21(26)20-11-16(12-24-20)18-3-1-2-4-19(18)23;/h1-8,15-16,20,24H,9-13H2;1H/t15?,16-,20-;/m0./s1. The minimum atomic E-state index is -0.258. The van der Waals surface area contributed by atoms with Gasteiger partial charge in [0.05, 0.1) is 6.04 Å². The van der Waals surface area contributed by atoms with Gasteiger partial charge in [0.25, 0.3) is 0 Å². The highest BCUT2D eigenvalue weighted by molar-refractivity contribution is 5.85. The normalized spacial score (nSPS) is 24.7. The SMILES string of the molecule is Cl.O=C([C@@H]1C[C@H](c2ccccc2F)CN1)N1CCC(c2ccc(F)cc2)C1. The van der Waals surface area contributed by atoms with Gasteiger partial charge in [-0.1, -0.05) is 30.3 Å². The molecule has 2 aliphatic heterocycles. The summed E-state index contributed by atoms with van der Waals surface area (Å²) >= 11 is 0. The van der Waals surface area contributed by atoms with Crippen molar-refractivity contribution in [2.45, 2.75) is 30.7 Å². The average molecular weight is 393 g/mol. The Morgan fingerprint density at radius 1 is 1.04 bits per heavy atom. The van der Waals surface area contributed by atoms with Crippen LogP contribution in [0.4, 0.5) is 8.78 Å². The van der Waals surface area contributed by atoms with Gasteiger partial charge in [-0.05, 0) is 42.2 Å². The van der Waals surface area contributed by atoms with E-state index in [1.165, 1.54) is 18.2 Å². The third kappa shape index (κ3) is 4.14. The van der Waals surface area contributed by atoms with Crippen molar-refractivity contribution in [3.8, 4) is 0 Å². The van der Waals surface area contributed by atoms with Crippen LogP contribution in [0.25, 0.3) is 0 Å². The van der Waals surface area contributed by atoms with E-state index in [9.17, 15) is 13.6 Å². The first-order valence-electron chi connectivity index (χ1n) is 9.14. The third-order valence-corrected chi connectivity index (χ3v) is 5.62. The molecule has 6 heteroatoms. The van der Waals surface area contributed by atoms with Gasteiger partial charge in [-0.25, -0.2) is 8.78 Å². The lowest BCUT2D eigenvalue weighted by molar-refractivity contribution is -0.132. The lowest BCUT2D eigenvalue weighted by Crippen LogP contribution is -2.42. The summed E-state index contributed by atoms with van der Waals surface area (Å²) in [6.45, 7) is 1.99. The number of hydrogen-bond donors (Lipinski definition) is 1. The maximum absolute atomic E-state index is 14.0. The minimum absolute atomic E-state index is 0. The first-order chi connectivity index (χ1) is 12.6. The summed E-state index contributed by atoms with van der Waals surface area (Å²) in [5.74, 6) is -0.0728. The fourth-order valence-electron chi connectivity index (χ4n) is 4.15. The van der Waals surface area contributed by atoms with E-state index in [1.807, 2.05) is 11.0 Å². The molecule has 0 bridgehead atoms. The van der Waals surface area contributed by atoms with Crippen LogP contribution in [0, 0.1) is 11.6 Å². The Bertz CT molecular complexity index is 799. The summed E-state index contributed by atoms with van der Waals surface area (Å²) in [5, 5.41) is 3.26. The average Bonchev–Trinajstić information content (AvgIpc) is 3.32. The van der Waals surface area contributed by atoms with E-state index in [4.69, 9.17) is 0 Å². The van der Waals surface area contributed by atoms with Crippen molar-refractivity contribution < 1.29 is 13.6 Å². The molecule has 1 amide bonds. The number of halogens is 3. The molecule has 3 atom stereocenters. The van der Waals surface area contributed by atoms with Crippen molar-refractivity contribution >= 4 is 18.3 Å². The molecule has 0 saturated carbocycles. The van der Waals surface area contributed by atoms with Gasteiger partial charge in [-0.15, -0.1) is 12.4 Å². The summed E-state index contributed by atoms with van der Waals surface area (Å²) in [6.07, 6.45) is 1.51. The van der Waals surface area contributed by atoms with Gasteiger partial charge >= 0.3 is 0 Å². The molecule has 0 aliphatic carbocycles. The Balaban J connectivity index is 0.00000210. The summed E-state index contributed by atoms with van der Waals surface area (Å²) in [5.41, 5.74) is 1.76. The van der Waals surface area contributed by atoms with E-state index in [0.717, 1.165) is 12.0 Å². The van der Waals surface area contributed by atoms with Crippen LogP contribution in [0.15, 0.2) is 48.5 Å². The number of hydrogen-bond acceptors (Lipinski definition) is 2. The van der Waals surface area contributed by atoms with E-state index in [-0.39, 0.29) is 47.8 Å². The fourth-order valence-corrected chi connectivity index (χ4v) is 4.15. The van der Waals surface area contributed by atoms with Crippen LogP contribution in [-0.4, -0.2) is 36.5 Å². The molecular weight excluding hydrogens is 370 g/mol. The second-order valence-corrected chi connectivity index (χ2v) is 7.24. The van der Waals surface area contributed by atoms with Gasteiger partial charge in [0.2, 0.25) is 5.91 Å². The molecule has 0 spiro atoms. The fraction of sp³-hybridized carbons (Fsp3) is 0.381. The number of benzene rings is 2. The first kappa shape index (κ1) is 19.8. The van der Waals surface area contributed by atoms with Crippen molar-refractivity contribution in [3.05, 3.63) is 71.3 Å². The predicted molar refractivity (Wildman–Crippen MR) is 103 cm³/mol. The summed E-state index contributed by atoms with van der Waals surface area (Å²) < 4.78 is 27.1. The van der Waals surface area contributed by atoms with E-state index in [2.05, 4.69) is 5.32 Å². The zero-order valence-electron chi connectivity index (χ0n) is 14.9. The highest BCUT2D eigenvalue weighted by Crippen LogP contribution is 2.31. The maximum atomic E-state index is 14.0. The van der Waals surface area contributed by atoms with E-state index in [0.29, 0.717) is 31.6 Å². The molecule has 144 valence electrons. The van der Waals surface area contributed by atoms with E-state index in [1.54, 1.807) is 24.3 Å². The van der Waals surface area contributed by atoms with Crippen molar-refractivity contribution in [1.29, 1.82) is 0 Å². The Kier molecular flexibility index (Phi) is 6.12. The molecule has 0 radical (unpaired) electrons. The van der Waals surface area contributed by atoms with E-state index < -0.39 is 0 Å². The summed E-state index contributed by atoms with van der Waals surface area (Å²) in [6, 6.07) is 13.1. The second-order valence-electron chi connectivity index (χ2n) is 7.24. The number of carbonyl (C=O) groups excluding carboxylic acids is 1. The summed E-state index contributed by atoms with van der Waals surface area (Å²) in [4.78, 5) is 14.7. The van der Waals surface area contributed by atoms with Crippen LogP contribution in [0.3, 0.4) is 0 Å². The highest BCUT2D eigenvalue weighted by Gasteiger charge is 2.36. The molecule has 2 saturated heterocycles. The molecule has 27 heavy (non-hydrogen) atoms. The molecule has 3 nitrogen and oxygen atoms in total. The van der Waals surface area contributed by atoms with Crippen LogP contribution < -0.4 is 5.32 Å². The Morgan fingerprint density at radius 2 is 1.78 bits per heavy atom. The van der Waals surface area contributed by atoms with E-state index >= 15 is 0 Å². The van der Waals surface area contributed by atoms with Gasteiger partial charge in [0.15, 0.2) is 0 Å². The molecule has 2 fully saturated rings. The Labute approximate surface area is 164 Å². The topological polar surface area (TPSA) is 32.3 Å². The van der Waals surface area contributed by atoms with Gasteiger partial charge in [-0.3, -0.25) is 4.79 Å². The predicted octanol–water partition coefficient (Wildman–Crippen LogP) is 3.85. The monoisotopic (exact) mass is 392 g/mol. The van der Waals surface area contributed by atoms with Gasteiger partial charge in [-0.2, -0.15) is 0 Å². The minimum Gasteiger partial charge on any atom is -0.341 e. The molecule has 2 aliphatic rings. The molecule has 4 rings (SSSR count). The van der Waals surface area contributed by atoms with Gasteiger partial charge in [0.1, 0.15) is 11.6 Å². The van der Waals surface area contributed by atoms with Gasteiger partial charge < -0.3 is 10.2 Å². The van der Waals surface area contributed by atoms with Crippen LogP contribution in [0.2, 0.25) is 0 Å². The van der Waals surface area contributed by atoms with Crippen molar-refractivity contribution in [2.24, 2.45) is 0 Å². The zero-order valence-corrected chi connectivity index (χ0v) is 15.7. The van der Waals surface area contributed by atoms with Crippen molar-refractivity contribution in [1.82, 2.24) is 10.2 Å². The molecule has 2 heterocycles. The molecule has 2 aromatic carbocycles. The van der Waals surface area contributed by atoms with Crippen LogP contribution in [0.1, 0.15) is 35.8 Å². The number of nitrogens with one attached hydrogen (secondary N) is 1. The molecular formula is C21H23ClF2N2O. The molecule has 1 N–H and O–H groups in total.